The molecule has 0 aliphatic carbocycles. The van der Waals surface area contributed by atoms with Crippen molar-refractivity contribution in [2.24, 2.45) is 0 Å². The first-order valence-corrected chi connectivity index (χ1v) is 13.3. The van der Waals surface area contributed by atoms with Crippen LogP contribution in [0.2, 0.25) is 0 Å². The molecule has 0 aliphatic heterocycles. The van der Waals surface area contributed by atoms with Gasteiger partial charge in [-0.1, -0.05) is 103 Å². The average molecular weight is 489 g/mol. The number of hydrogen-bond donors (Lipinski definition) is 3. The molecule has 0 saturated heterocycles. The van der Waals surface area contributed by atoms with Crippen LogP contribution in [0.1, 0.15) is 117 Å². The highest BCUT2D eigenvalue weighted by Crippen LogP contribution is 2.25. The molecule has 0 heterocycles. The fraction of sp³-hybridized carbons (Fsp3) is 0.905. The van der Waals surface area contributed by atoms with Crippen LogP contribution in [-0.2, 0) is 34.5 Å². The van der Waals surface area contributed by atoms with Crippen molar-refractivity contribution in [2.45, 2.75) is 117 Å². The second kappa shape index (κ2) is 28.5. The summed E-state index contributed by atoms with van der Waals surface area (Å²) in [6.45, 7) is 4.50. The van der Waals surface area contributed by atoms with E-state index in [9.17, 15) is 0 Å². The van der Waals surface area contributed by atoms with Gasteiger partial charge in [0.05, 0.1) is 6.61 Å². The molecule has 0 aromatic carbocycles. The molecule has 0 saturated carbocycles. The van der Waals surface area contributed by atoms with E-state index in [2.05, 4.69) is 32.0 Å². The second-order valence-electron chi connectivity index (χ2n) is 7.48. The summed E-state index contributed by atoms with van der Waals surface area (Å²) >= 11 is 0. The predicted octanol–water partition coefficient (Wildman–Crippen LogP) is 6.53. The van der Waals surface area contributed by atoms with Gasteiger partial charge in [0.25, 0.3) is 0 Å². The van der Waals surface area contributed by atoms with E-state index in [1.54, 1.807) is 13.0 Å². The maximum absolute atomic E-state index is 8.88. The Hall–Kier alpha value is -0.550. The van der Waals surface area contributed by atoms with Gasteiger partial charge in [-0.2, -0.15) is 0 Å². The van der Waals surface area contributed by atoms with Gasteiger partial charge in [0.15, 0.2) is 0 Å². The summed E-state index contributed by atoms with van der Waals surface area (Å²) in [7, 11) is -4.64. The predicted molar refractivity (Wildman–Crippen MR) is 120 cm³/mol. The van der Waals surface area contributed by atoms with Crippen LogP contribution in [0.25, 0.3) is 0 Å². The van der Waals surface area contributed by atoms with E-state index in [0.29, 0.717) is 6.61 Å². The van der Waals surface area contributed by atoms with Crippen LogP contribution in [0.5, 0.6) is 0 Å². The molecular formula is C21H45O10P. The highest BCUT2D eigenvalue weighted by molar-refractivity contribution is 7.45. The highest BCUT2D eigenvalue weighted by atomic mass is 31.2. The standard InChI is InChI=1S/C21H42O6.H3O4P/c1-3-5-6-7-8-9-10-11-12-13-14-15-16-17-18-19-21-23-25-27-26-24-22-20-4-2;1-5(2,3)4/h4,20H,3,5-19,21H2,1-2H3;(H3,1,2,3,4). The van der Waals surface area contributed by atoms with Crippen LogP contribution in [0, 0.1) is 0 Å². The Bertz CT molecular complexity index is 409. The number of phosphoric acid groups is 1. The van der Waals surface area contributed by atoms with Gasteiger partial charge in [-0.25, -0.2) is 9.45 Å². The number of rotatable bonds is 23. The van der Waals surface area contributed by atoms with Crippen molar-refractivity contribution < 1.29 is 49.2 Å². The van der Waals surface area contributed by atoms with Gasteiger partial charge in [-0.05, 0) is 29.5 Å². The van der Waals surface area contributed by atoms with Crippen molar-refractivity contribution in [3.05, 3.63) is 12.3 Å². The highest BCUT2D eigenvalue weighted by Gasteiger charge is 2.00. The van der Waals surface area contributed by atoms with E-state index in [-0.39, 0.29) is 0 Å². The van der Waals surface area contributed by atoms with Gasteiger partial charge < -0.3 is 19.6 Å². The van der Waals surface area contributed by atoms with Gasteiger partial charge in [0.1, 0.15) is 6.26 Å². The molecule has 194 valence electrons. The van der Waals surface area contributed by atoms with E-state index in [1.165, 1.54) is 96.2 Å². The topological polar surface area (TPSA) is 133 Å². The summed E-state index contributed by atoms with van der Waals surface area (Å²) in [6.07, 6.45) is 24.3. The van der Waals surface area contributed by atoms with Crippen molar-refractivity contribution in [1.29, 1.82) is 0 Å². The third-order valence-electron chi connectivity index (χ3n) is 4.44. The number of hydrogen-bond acceptors (Lipinski definition) is 7. The molecule has 0 aliphatic rings. The monoisotopic (exact) mass is 488 g/mol. The SMILES string of the molecule is CC=COOOOOOCCCCCCCCCCCCCCCCCC.O=P(O)(O)O. The Morgan fingerprint density at radius 3 is 1.41 bits per heavy atom. The van der Waals surface area contributed by atoms with Crippen LogP contribution in [0.4, 0.5) is 0 Å². The van der Waals surface area contributed by atoms with E-state index in [1.807, 2.05) is 0 Å². The molecule has 11 heteroatoms. The Morgan fingerprint density at radius 1 is 0.625 bits per heavy atom. The Morgan fingerprint density at radius 2 is 1.00 bits per heavy atom. The molecule has 0 rings (SSSR count). The Balaban J connectivity index is 0. The minimum absolute atomic E-state index is 0.456. The molecule has 3 N–H and O–H groups in total. The van der Waals surface area contributed by atoms with Gasteiger partial charge in [-0.3, -0.25) is 0 Å². The maximum atomic E-state index is 8.88. The van der Waals surface area contributed by atoms with E-state index >= 15 is 0 Å². The molecule has 0 spiro atoms. The largest absolute Gasteiger partial charge is 0.466 e. The number of unbranched alkanes of at least 4 members (excludes halogenated alkanes) is 15. The van der Waals surface area contributed by atoms with Gasteiger partial charge >= 0.3 is 7.82 Å². The lowest BCUT2D eigenvalue weighted by Crippen LogP contribution is -2.00. The van der Waals surface area contributed by atoms with Crippen molar-refractivity contribution >= 4 is 7.82 Å². The third kappa shape index (κ3) is 43.3. The molecule has 0 unspecified atom stereocenters. The molecule has 0 bridgehead atoms. The molecule has 0 aromatic heterocycles. The summed E-state index contributed by atoms with van der Waals surface area (Å²) in [5.74, 6) is 0. The maximum Gasteiger partial charge on any atom is 0.466 e. The minimum Gasteiger partial charge on any atom is -0.314 e. The summed E-state index contributed by atoms with van der Waals surface area (Å²) in [6, 6.07) is 0. The molecule has 10 nitrogen and oxygen atoms in total. The quantitative estimate of drug-likeness (QED) is 0.0479. The summed E-state index contributed by atoms with van der Waals surface area (Å²) in [4.78, 5) is 30.7. The van der Waals surface area contributed by atoms with Crippen LogP contribution >= 0.6 is 7.82 Å². The van der Waals surface area contributed by atoms with Crippen molar-refractivity contribution in [1.82, 2.24) is 0 Å². The minimum atomic E-state index is -4.64. The fourth-order valence-electron chi connectivity index (χ4n) is 2.88. The summed E-state index contributed by atoms with van der Waals surface area (Å²) in [5.41, 5.74) is 0. The lowest BCUT2D eigenvalue weighted by molar-refractivity contribution is -0.751. The number of allylic oxidation sites excluding steroid dienone is 1. The summed E-state index contributed by atoms with van der Waals surface area (Å²) in [5, 5.41) is 16.5. The first-order valence-electron chi connectivity index (χ1n) is 11.8. The zero-order chi connectivity index (χ0) is 24.2. The van der Waals surface area contributed by atoms with Crippen molar-refractivity contribution in [3.63, 3.8) is 0 Å². The van der Waals surface area contributed by atoms with Crippen molar-refractivity contribution in [3.8, 4) is 0 Å². The molecular weight excluding hydrogens is 443 g/mol. The zero-order valence-electron chi connectivity index (χ0n) is 19.8. The molecule has 0 atom stereocenters. The van der Waals surface area contributed by atoms with E-state index in [4.69, 9.17) is 24.1 Å². The molecule has 32 heavy (non-hydrogen) atoms. The molecule has 0 fully saturated rings. The molecule has 0 aromatic rings. The van der Waals surface area contributed by atoms with Crippen LogP contribution < -0.4 is 0 Å². The van der Waals surface area contributed by atoms with Crippen molar-refractivity contribution in [2.75, 3.05) is 6.61 Å². The lowest BCUT2D eigenvalue weighted by Gasteiger charge is -2.03. The van der Waals surface area contributed by atoms with E-state index in [0.717, 1.165) is 12.8 Å². The van der Waals surface area contributed by atoms with E-state index < -0.39 is 7.82 Å². The normalized spacial score (nSPS) is 11.5. The van der Waals surface area contributed by atoms with Gasteiger partial charge in [-0.15, -0.1) is 0 Å². The van der Waals surface area contributed by atoms with Gasteiger partial charge in [0, 0.05) is 10.1 Å². The summed E-state index contributed by atoms with van der Waals surface area (Å²) < 4.78 is 8.88. The zero-order valence-corrected chi connectivity index (χ0v) is 20.7. The Kier molecular flexibility index (Phi) is 29.9. The average Bonchev–Trinajstić information content (AvgIpc) is 2.73. The second-order valence-corrected chi connectivity index (χ2v) is 8.50. The molecule has 0 amide bonds. The third-order valence-corrected chi connectivity index (χ3v) is 4.44. The van der Waals surface area contributed by atoms with Gasteiger partial charge in [0.2, 0.25) is 0 Å². The lowest BCUT2D eigenvalue weighted by atomic mass is 10.0. The Labute approximate surface area is 193 Å². The smallest absolute Gasteiger partial charge is 0.314 e. The molecule has 0 radical (unpaired) electrons. The van der Waals surface area contributed by atoms with Crippen LogP contribution in [0.3, 0.4) is 0 Å². The first kappa shape index (κ1) is 33.6. The fourth-order valence-corrected chi connectivity index (χ4v) is 2.88. The van der Waals surface area contributed by atoms with Crippen LogP contribution in [0.15, 0.2) is 12.3 Å². The van der Waals surface area contributed by atoms with Crippen LogP contribution in [-0.4, -0.2) is 21.3 Å². The first-order chi connectivity index (χ1) is 15.4.